The molecular weight excluding hydrogens is 238 g/mol. The predicted molar refractivity (Wildman–Crippen MR) is 74.8 cm³/mol. The summed E-state index contributed by atoms with van der Waals surface area (Å²) in [6.07, 6.45) is 8.92. The fourth-order valence-corrected chi connectivity index (χ4v) is 5.29. The minimum absolute atomic E-state index is 0.318. The van der Waals surface area contributed by atoms with Crippen LogP contribution in [-0.4, -0.2) is 53.5 Å². The molecule has 0 amide bonds. The Labute approximate surface area is 115 Å². The second kappa shape index (κ2) is 4.69. The maximum absolute atomic E-state index is 11.4. The second-order valence-corrected chi connectivity index (χ2v) is 6.98. The summed E-state index contributed by atoms with van der Waals surface area (Å²) in [6, 6.07) is 0.698. The lowest BCUT2D eigenvalue weighted by Gasteiger charge is -2.62. The maximum Gasteiger partial charge on any atom is 0.0958 e. The molecule has 19 heavy (non-hydrogen) atoms. The average molecular weight is 265 g/mol. The molecule has 0 spiro atoms. The SMILES string of the molecule is OC12CCCNC1C1CCCNC1N1CCCCC12. The van der Waals surface area contributed by atoms with Gasteiger partial charge in [0, 0.05) is 24.5 Å². The summed E-state index contributed by atoms with van der Waals surface area (Å²) in [5, 5.41) is 18.8. The topological polar surface area (TPSA) is 47.5 Å². The first-order valence-corrected chi connectivity index (χ1v) is 8.25. The summed E-state index contributed by atoms with van der Waals surface area (Å²) in [7, 11) is 0. The molecule has 4 nitrogen and oxygen atoms in total. The van der Waals surface area contributed by atoms with Gasteiger partial charge in [-0.15, -0.1) is 0 Å². The number of nitrogens with zero attached hydrogens (tertiary/aromatic N) is 1. The van der Waals surface area contributed by atoms with E-state index in [0.717, 1.165) is 25.9 Å². The lowest BCUT2D eigenvalue weighted by molar-refractivity contribution is -0.182. The minimum atomic E-state index is -0.473. The van der Waals surface area contributed by atoms with Crippen molar-refractivity contribution < 1.29 is 5.11 Å². The zero-order valence-electron chi connectivity index (χ0n) is 11.8. The van der Waals surface area contributed by atoms with E-state index in [1.54, 1.807) is 0 Å². The third-order valence-corrected chi connectivity index (χ3v) is 6.04. The number of hydrogen-bond acceptors (Lipinski definition) is 4. The molecule has 4 heteroatoms. The molecule has 5 unspecified atom stereocenters. The highest BCUT2D eigenvalue weighted by atomic mass is 16.3. The fraction of sp³-hybridized carbons (Fsp3) is 1.00. The van der Waals surface area contributed by atoms with Gasteiger partial charge in [-0.25, -0.2) is 0 Å². The Morgan fingerprint density at radius 3 is 2.84 bits per heavy atom. The molecule has 0 bridgehead atoms. The van der Waals surface area contributed by atoms with Crippen molar-refractivity contribution in [2.45, 2.75) is 68.8 Å². The molecule has 4 aliphatic rings. The van der Waals surface area contributed by atoms with Gasteiger partial charge in [0.15, 0.2) is 0 Å². The number of piperidine rings is 4. The zero-order valence-corrected chi connectivity index (χ0v) is 11.8. The van der Waals surface area contributed by atoms with Crippen molar-refractivity contribution in [1.29, 1.82) is 0 Å². The number of nitrogens with one attached hydrogen (secondary N) is 2. The monoisotopic (exact) mass is 265 g/mol. The van der Waals surface area contributed by atoms with Gasteiger partial charge in [-0.1, -0.05) is 6.42 Å². The minimum Gasteiger partial charge on any atom is -0.387 e. The summed E-state index contributed by atoms with van der Waals surface area (Å²) in [4.78, 5) is 2.62. The van der Waals surface area contributed by atoms with Crippen LogP contribution in [0.15, 0.2) is 0 Å². The van der Waals surface area contributed by atoms with Gasteiger partial charge in [-0.05, 0) is 51.6 Å². The van der Waals surface area contributed by atoms with Crippen LogP contribution < -0.4 is 10.6 Å². The van der Waals surface area contributed by atoms with Crippen molar-refractivity contribution in [2.24, 2.45) is 5.92 Å². The molecule has 108 valence electrons. The molecule has 3 N–H and O–H groups in total. The van der Waals surface area contributed by atoms with Gasteiger partial charge in [-0.3, -0.25) is 4.90 Å². The number of fused-ring (bicyclic) bond motifs is 6. The van der Waals surface area contributed by atoms with Gasteiger partial charge in [0.25, 0.3) is 0 Å². The summed E-state index contributed by atoms with van der Waals surface area (Å²) in [5.41, 5.74) is -0.473. The van der Waals surface area contributed by atoms with Crippen LogP contribution in [0.5, 0.6) is 0 Å². The zero-order chi connectivity index (χ0) is 12.9. The summed E-state index contributed by atoms with van der Waals surface area (Å²) in [5.74, 6) is 0.591. The highest BCUT2D eigenvalue weighted by Crippen LogP contribution is 2.45. The lowest BCUT2D eigenvalue weighted by Crippen LogP contribution is -2.78. The van der Waals surface area contributed by atoms with Crippen molar-refractivity contribution in [3.63, 3.8) is 0 Å². The van der Waals surface area contributed by atoms with E-state index in [2.05, 4.69) is 15.5 Å². The van der Waals surface area contributed by atoms with Crippen LogP contribution in [0.3, 0.4) is 0 Å². The molecule has 4 heterocycles. The summed E-state index contributed by atoms with van der Waals surface area (Å²) >= 11 is 0. The van der Waals surface area contributed by atoms with Gasteiger partial charge in [0.1, 0.15) is 0 Å². The Hall–Kier alpha value is -0.160. The van der Waals surface area contributed by atoms with E-state index in [-0.39, 0.29) is 0 Å². The van der Waals surface area contributed by atoms with E-state index in [1.807, 2.05) is 0 Å². The molecule has 0 aromatic carbocycles. The first kappa shape index (κ1) is 12.6. The molecule has 0 aliphatic carbocycles. The van der Waals surface area contributed by atoms with E-state index in [0.29, 0.717) is 24.2 Å². The van der Waals surface area contributed by atoms with Crippen LogP contribution in [0.2, 0.25) is 0 Å². The Balaban J connectivity index is 1.71. The Kier molecular flexibility index (Phi) is 3.10. The van der Waals surface area contributed by atoms with Crippen LogP contribution in [0, 0.1) is 5.92 Å². The van der Waals surface area contributed by atoms with E-state index < -0.39 is 5.60 Å². The molecule has 4 fully saturated rings. The van der Waals surface area contributed by atoms with Crippen molar-refractivity contribution in [3.8, 4) is 0 Å². The van der Waals surface area contributed by atoms with Crippen molar-refractivity contribution >= 4 is 0 Å². The number of hydrogen-bond donors (Lipinski definition) is 3. The molecule has 4 rings (SSSR count). The Morgan fingerprint density at radius 2 is 1.89 bits per heavy atom. The van der Waals surface area contributed by atoms with E-state index in [4.69, 9.17) is 0 Å². The molecule has 4 aliphatic heterocycles. The normalized spacial score (nSPS) is 51.0. The van der Waals surface area contributed by atoms with Crippen LogP contribution in [0.4, 0.5) is 0 Å². The van der Waals surface area contributed by atoms with Crippen LogP contribution >= 0.6 is 0 Å². The van der Waals surface area contributed by atoms with E-state index >= 15 is 0 Å². The van der Waals surface area contributed by atoms with Gasteiger partial charge in [-0.2, -0.15) is 0 Å². The molecule has 0 saturated carbocycles. The molecule has 0 radical (unpaired) electrons. The van der Waals surface area contributed by atoms with Crippen LogP contribution in [-0.2, 0) is 0 Å². The third-order valence-electron chi connectivity index (χ3n) is 6.04. The van der Waals surface area contributed by atoms with E-state index in [1.165, 1.54) is 38.6 Å². The summed E-state index contributed by atoms with van der Waals surface area (Å²) in [6.45, 7) is 3.41. The van der Waals surface area contributed by atoms with Crippen LogP contribution in [0.25, 0.3) is 0 Å². The van der Waals surface area contributed by atoms with Crippen LogP contribution in [0.1, 0.15) is 44.9 Å². The van der Waals surface area contributed by atoms with E-state index in [9.17, 15) is 5.11 Å². The number of rotatable bonds is 0. The first-order valence-electron chi connectivity index (χ1n) is 8.25. The van der Waals surface area contributed by atoms with Gasteiger partial charge < -0.3 is 15.7 Å². The summed E-state index contributed by atoms with van der Waals surface area (Å²) < 4.78 is 0. The highest BCUT2D eigenvalue weighted by Gasteiger charge is 2.58. The van der Waals surface area contributed by atoms with Gasteiger partial charge in [0.05, 0.1) is 11.8 Å². The van der Waals surface area contributed by atoms with Crippen molar-refractivity contribution in [2.75, 3.05) is 19.6 Å². The first-order chi connectivity index (χ1) is 9.31. The average Bonchev–Trinajstić information content (AvgIpc) is 2.48. The second-order valence-electron chi connectivity index (χ2n) is 6.98. The standard InChI is InChI=1S/C15H27N3O/c19-15-7-4-9-16-13(15)11-5-3-8-17-14(11)18-10-2-1-6-12(15)18/h11-14,16-17,19H,1-10H2. The third kappa shape index (κ3) is 1.80. The lowest BCUT2D eigenvalue weighted by atomic mass is 9.65. The highest BCUT2D eigenvalue weighted by molar-refractivity contribution is 5.14. The van der Waals surface area contributed by atoms with Crippen molar-refractivity contribution in [3.05, 3.63) is 0 Å². The molecule has 0 aromatic heterocycles. The Morgan fingerprint density at radius 1 is 1.00 bits per heavy atom. The molecule has 4 saturated heterocycles. The van der Waals surface area contributed by atoms with Gasteiger partial charge >= 0.3 is 0 Å². The smallest absolute Gasteiger partial charge is 0.0958 e. The molecular formula is C15H27N3O. The van der Waals surface area contributed by atoms with Gasteiger partial charge in [0.2, 0.25) is 0 Å². The predicted octanol–water partition coefficient (Wildman–Crippen LogP) is 0.663. The molecule has 0 aromatic rings. The maximum atomic E-state index is 11.4. The molecule has 5 atom stereocenters. The quantitative estimate of drug-likeness (QED) is 0.602. The largest absolute Gasteiger partial charge is 0.387 e. The van der Waals surface area contributed by atoms with Crippen molar-refractivity contribution in [1.82, 2.24) is 15.5 Å². The number of aliphatic hydroxyl groups is 1. The Bertz CT molecular complexity index is 328. The fourth-order valence-electron chi connectivity index (χ4n) is 5.29.